The van der Waals surface area contributed by atoms with Crippen molar-refractivity contribution >= 4 is 11.6 Å². The molecule has 1 aliphatic carbocycles. The molecule has 2 unspecified atom stereocenters. The fourth-order valence-electron chi connectivity index (χ4n) is 3.01. The smallest absolute Gasteiger partial charge is 0.0896 e. The number of benzene rings is 1. The summed E-state index contributed by atoms with van der Waals surface area (Å²) >= 11 is 6.08. The van der Waals surface area contributed by atoms with Crippen LogP contribution in [0.2, 0.25) is 5.02 Å². The van der Waals surface area contributed by atoms with E-state index in [2.05, 4.69) is 30.3 Å². The highest BCUT2D eigenvalue weighted by molar-refractivity contribution is 6.30. The van der Waals surface area contributed by atoms with Crippen LogP contribution in [0.3, 0.4) is 0 Å². The maximum atomic E-state index is 6.08. The lowest BCUT2D eigenvalue weighted by Gasteiger charge is -2.40. The first-order chi connectivity index (χ1) is 9.65. The number of halogens is 1. The Hall–Kier alpha value is -0.610. The molecular weight excluding hydrogens is 272 g/mol. The zero-order valence-electron chi connectivity index (χ0n) is 12.2. The highest BCUT2D eigenvalue weighted by Gasteiger charge is 2.33. The molecule has 0 amide bonds. The van der Waals surface area contributed by atoms with Crippen molar-refractivity contribution < 1.29 is 4.74 Å². The lowest BCUT2D eigenvalue weighted by Crippen LogP contribution is -2.48. The van der Waals surface area contributed by atoms with Crippen molar-refractivity contribution in [2.24, 2.45) is 0 Å². The summed E-state index contributed by atoms with van der Waals surface area (Å²) in [5.74, 6) is 0. The quantitative estimate of drug-likeness (QED) is 0.924. The Morgan fingerprint density at radius 3 is 2.90 bits per heavy atom. The average Bonchev–Trinajstić information content (AvgIpc) is 3.22. The second-order valence-electron chi connectivity index (χ2n) is 6.02. The van der Waals surface area contributed by atoms with Crippen LogP contribution in [0.4, 0.5) is 0 Å². The van der Waals surface area contributed by atoms with E-state index in [1.807, 2.05) is 12.1 Å². The van der Waals surface area contributed by atoms with Gasteiger partial charge in [-0.15, -0.1) is 0 Å². The molecule has 1 aromatic rings. The average molecular weight is 295 g/mol. The third-order valence-electron chi connectivity index (χ3n) is 4.34. The number of morpholine rings is 1. The summed E-state index contributed by atoms with van der Waals surface area (Å²) in [5.41, 5.74) is 2.58. The van der Waals surface area contributed by atoms with Crippen LogP contribution < -0.4 is 5.32 Å². The zero-order chi connectivity index (χ0) is 14.1. The number of hydrogen-bond donors (Lipinski definition) is 1. The fraction of sp³-hybridized carbons (Fsp3) is 0.625. The van der Waals surface area contributed by atoms with E-state index in [-0.39, 0.29) is 6.10 Å². The molecule has 20 heavy (non-hydrogen) atoms. The van der Waals surface area contributed by atoms with E-state index in [1.165, 1.54) is 24.0 Å². The van der Waals surface area contributed by atoms with Crippen molar-refractivity contribution in [2.45, 2.75) is 38.0 Å². The minimum atomic E-state index is 0.217. The molecule has 0 aromatic heterocycles. The first-order valence-corrected chi connectivity index (χ1v) is 7.84. The molecule has 1 aromatic carbocycles. The first kappa shape index (κ1) is 14.3. The summed E-state index contributed by atoms with van der Waals surface area (Å²) in [6.07, 6.45) is 2.84. The van der Waals surface area contributed by atoms with Crippen molar-refractivity contribution in [1.29, 1.82) is 0 Å². The molecule has 110 valence electrons. The van der Waals surface area contributed by atoms with Crippen LogP contribution in [-0.2, 0) is 4.74 Å². The van der Waals surface area contributed by atoms with E-state index in [0.717, 1.165) is 30.8 Å². The van der Waals surface area contributed by atoms with Crippen LogP contribution >= 0.6 is 11.6 Å². The summed E-state index contributed by atoms with van der Waals surface area (Å²) in [6, 6.07) is 7.21. The predicted molar refractivity (Wildman–Crippen MR) is 82.3 cm³/mol. The molecule has 3 nitrogen and oxygen atoms in total. The number of aryl methyl sites for hydroxylation is 1. The lowest BCUT2D eigenvalue weighted by molar-refractivity contribution is -0.0617. The van der Waals surface area contributed by atoms with Gasteiger partial charge in [-0.25, -0.2) is 0 Å². The summed E-state index contributed by atoms with van der Waals surface area (Å²) in [7, 11) is 2.19. The largest absolute Gasteiger partial charge is 0.374 e. The van der Waals surface area contributed by atoms with Crippen LogP contribution in [0, 0.1) is 6.92 Å². The fourth-order valence-corrected chi connectivity index (χ4v) is 3.24. The standard InChI is InChI=1S/C16H23ClN2O/c1-11-9-12(17)3-6-14(11)16-15(10-18-13-4-5-13)20-8-7-19(16)2/h3,6,9,13,15-16,18H,4-5,7-8,10H2,1-2H3. The van der Waals surface area contributed by atoms with Crippen LogP contribution in [0.1, 0.15) is 30.0 Å². The van der Waals surface area contributed by atoms with Gasteiger partial charge >= 0.3 is 0 Å². The molecule has 4 heteroatoms. The number of rotatable bonds is 4. The zero-order valence-corrected chi connectivity index (χ0v) is 13.0. The van der Waals surface area contributed by atoms with Gasteiger partial charge in [-0.1, -0.05) is 17.7 Å². The first-order valence-electron chi connectivity index (χ1n) is 7.46. The minimum Gasteiger partial charge on any atom is -0.374 e. The summed E-state index contributed by atoms with van der Waals surface area (Å²) in [4.78, 5) is 2.40. The molecule has 2 aliphatic rings. The molecule has 0 radical (unpaired) electrons. The van der Waals surface area contributed by atoms with Crippen LogP contribution in [0.5, 0.6) is 0 Å². The molecule has 0 spiro atoms. The Morgan fingerprint density at radius 1 is 1.40 bits per heavy atom. The monoisotopic (exact) mass is 294 g/mol. The second-order valence-corrected chi connectivity index (χ2v) is 6.45. The number of nitrogens with one attached hydrogen (secondary N) is 1. The van der Waals surface area contributed by atoms with Crippen LogP contribution in [0.15, 0.2) is 18.2 Å². The van der Waals surface area contributed by atoms with Gasteiger partial charge in [0.1, 0.15) is 0 Å². The molecule has 1 heterocycles. The molecule has 1 saturated carbocycles. The topological polar surface area (TPSA) is 24.5 Å². The highest BCUT2D eigenvalue weighted by Crippen LogP contribution is 2.32. The molecule has 3 rings (SSSR count). The second kappa shape index (κ2) is 6.02. The van der Waals surface area contributed by atoms with Gasteiger partial charge in [-0.05, 0) is 50.1 Å². The van der Waals surface area contributed by atoms with Gasteiger partial charge in [-0.2, -0.15) is 0 Å². The van der Waals surface area contributed by atoms with Crippen LogP contribution in [-0.4, -0.2) is 43.8 Å². The SMILES string of the molecule is Cc1cc(Cl)ccc1C1C(CNC2CC2)OCCN1C. The van der Waals surface area contributed by atoms with Crippen molar-refractivity contribution in [1.82, 2.24) is 10.2 Å². The third-order valence-corrected chi connectivity index (χ3v) is 4.57. The van der Waals surface area contributed by atoms with E-state index in [1.54, 1.807) is 0 Å². The lowest BCUT2D eigenvalue weighted by atomic mass is 9.94. The number of hydrogen-bond acceptors (Lipinski definition) is 3. The normalized spacial score (nSPS) is 27.8. The maximum Gasteiger partial charge on any atom is 0.0896 e. The van der Waals surface area contributed by atoms with Gasteiger partial charge in [-0.3, -0.25) is 4.90 Å². The Morgan fingerprint density at radius 2 is 2.20 bits per heavy atom. The van der Waals surface area contributed by atoms with E-state index in [4.69, 9.17) is 16.3 Å². The van der Waals surface area contributed by atoms with E-state index in [9.17, 15) is 0 Å². The van der Waals surface area contributed by atoms with Crippen molar-refractivity contribution in [3.05, 3.63) is 34.3 Å². The molecular formula is C16H23ClN2O. The molecule has 2 fully saturated rings. The van der Waals surface area contributed by atoms with Gasteiger partial charge in [0.05, 0.1) is 18.8 Å². The van der Waals surface area contributed by atoms with Crippen LogP contribution in [0.25, 0.3) is 0 Å². The van der Waals surface area contributed by atoms with Crippen molar-refractivity contribution in [3.63, 3.8) is 0 Å². The van der Waals surface area contributed by atoms with E-state index < -0.39 is 0 Å². The Kier molecular flexibility index (Phi) is 4.32. The highest BCUT2D eigenvalue weighted by atomic mass is 35.5. The van der Waals surface area contributed by atoms with Gasteiger partial charge < -0.3 is 10.1 Å². The molecule has 1 aliphatic heterocycles. The third kappa shape index (κ3) is 3.17. The number of nitrogens with zero attached hydrogens (tertiary/aromatic N) is 1. The van der Waals surface area contributed by atoms with E-state index >= 15 is 0 Å². The summed E-state index contributed by atoms with van der Waals surface area (Å²) in [5, 5.41) is 4.40. The molecule has 0 bridgehead atoms. The van der Waals surface area contributed by atoms with Crippen molar-refractivity contribution in [2.75, 3.05) is 26.7 Å². The Labute approximate surface area is 126 Å². The van der Waals surface area contributed by atoms with Gasteiger partial charge in [0.2, 0.25) is 0 Å². The van der Waals surface area contributed by atoms with Gasteiger partial charge in [0, 0.05) is 24.2 Å². The Balaban J connectivity index is 1.80. The predicted octanol–water partition coefficient (Wildman–Crippen LogP) is 2.77. The molecule has 1 saturated heterocycles. The summed E-state index contributed by atoms with van der Waals surface area (Å²) < 4.78 is 6.04. The summed E-state index contributed by atoms with van der Waals surface area (Å²) in [6.45, 7) is 4.86. The minimum absolute atomic E-state index is 0.217. The van der Waals surface area contributed by atoms with E-state index in [0.29, 0.717) is 6.04 Å². The maximum absolute atomic E-state index is 6.08. The Bertz CT molecular complexity index is 476. The number of ether oxygens (including phenoxy) is 1. The van der Waals surface area contributed by atoms with Crippen molar-refractivity contribution in [3.8, 4) is 0 Å². The molecule has 2 atom stereocenters. The van der Waals surface area contributed by atoms with Gasteiger partial charge in [0.15, 0.2) is 0 Å². The molecule has 1 N–H and O–H groups in total. The number of likely N-dealkylation sites (N-methyl/N-ethyl adjacent to an activating group) is 1. The van der Waals surface area contributed by atoms with Gasteiger partial charge in [0.25, 0.3) is 0 Å².